The van der Waals surface area contributed by atoms with Crippen LogP contribution in [0.15, 0.2) is 47.4 Å². The molecule has 19 heteroatoms. The molecule has 6 aliphatic rings. The topological polar surface area (TPSA) is 184 Å². The number of likely N-dealkylation sites (tertiary alicyclic amines) is 2. The van der Waals surface area contributed by atoms with Crippen molar-refractivity contribution in [1.29, 1.82) is 0 Å². The van der Waals surface area contributed by atoms with E-state index in [0.717, 1.165) is 71.5 Å². The minimum atomic E-state index is -0.504. The number of amides is 4. The number of nitrogens with one attached hydrogen (secondary N) is 3. The molecule has 2 unspecified atom stereocenters. The van der Waals surface area contributed by atoms with Crippen LogP contribution in [0.3, 0.4) is 0 Å². The third-order valence-electron chi connectivity index (χ3n) is 14.8. The highest BCUT2D eigenvalue weighted by Crippen LogP contribution is 2.43. The van der Waals surface area contributed by atoms with E-state index in [4.69, 9.17) is 26.1 Å². The highest BCUT2D eigenvalue weighted by molar-refractivity contribution is 6.33. The number of anilines is 4. The van der Waals surface area contributed by atoms with E-state index < -0.39 is 5.92 Å². The van der Waals surface area contributed by atoms with E-state index in [1.165, 1.54) is 13.1 Å². The summed E-state index contributed by atoms with van der Waals surface area (Å²) >= 11 is 6.62. The molecule has 0 radical (unpaired) electrons. The third-order valence-corrected chi connectivity index (χ3v) is 15.1. The Labute approximate surface area is 392 Å². The first-order chi connectivity index (χ1) is 32.4. The van der Waals surface area contributed by atoms with Crippen LogP contribution in [-0.2, 0) is 25.7 Å². The second-order valence-corrected chi connectivity index (χ2v) is 19.5. The number of carbonyl (C=O) groups excluding carboxylic acids is 4. The molecule has 2 aromatic heterocycles. The molecule has 17 nitrogen and oxygen atoms in total. The van der Waals surface area contributed by atoms with Crippen molar-refractivity contribution in [3.8, 4) is 11.5 Å². The number of aromatic nitrogens is 3. The van der Waals surface area contributed by atoms with Crippen molar-refractivity contribution < 1.29 is 33.0 Å². The van der Waals surface area contributed by atoms with Crippen LogP contribution in [0.1, 0.15) is 62.8 Å². The Hall–Kier alpha value is -6.01. The zero-order valence-electron chi connectivity index (χ0n) is 37.7. The zero-order chi connectivity index (χ0) is 46.4. The standard InChI is InChI=1S/C48H56ClFN10O7/c1-51-41(62)26-67-39-22-32-20-33(23-38-42(32)60(46(39)65)18-19-66-38)53-43-35(49)24-52-47(55-43)58-14-8-30(9-15-58)45(64)57-12-6-29(7-13-57)25-56-16-10-48(27-56)11-17-59(28-48)37-4-2-31(21-36(37)50)34-3-5-40(61)54-44(34)63/h2,4,20-24,29-30,34H,3,5-19,25-28H2,1H3,(H,51,62)(H,52,53,55)(H,54,61,63). The number of hydrogen-bond acceptors (Lipinski definition) is 13. The van der Waals surface area contributed by atoms with E-state index in [0.29, 0.717) is 102 Å². The summed E-state index contributed by atoms with van der Waals surface area (Å²) in [4.78, 5) is 81.1. The van der Waals surface area contributed by atoms with Gasteiger partial charge < -0.3 is 39.7 Å². The van der Waals surface area contributed by atoms with Crippen LogP contribution >= 0.6 is 11.6 Å². The van der Waals surface area contributed by atoms with Crippen molar-refractivity contribution in [2.45, 2.75) is 63.8 Å². The van der Waals surface area contributed by atoms with Gasteiger partial charge in [-0.3, -0.25) is 33.9 Å². The van der Waals surface area contributed by atoms with Gasteiger partial charge in [-0.25, -0.2) is 9.37 Å². The summed E-state index contributed by atoms with van der Waals surface area (Å²) in [6.07, 6.45) is 7.69. The molecule has 2 aromatic carbocycles. The number of halogens is 2. The van der Waals surface area contributed by atoms with Crippen LogP contribution in [0.5, 0.6) is 11.5 Å². The molecule has 0 bridgehead atoms. The van der Waals surface area contributed by atoms with Crippen LogP contribution in [-0.4, -0.2) is 127 Å². The Morgan fingerprint density at radius 2 is 1.76 bits per heavy atom. The van der Waals surface area contributed by atoms with Crippen LogP contribution < -0.4 is 40.8 Å². The largest absolute Gasteiger partial charge is 0.489 e. The normalized spacial score (nSPS) is 22.6. The van der Waals surface area contributed by atoms with Crippen LogP contribution in [0.2, 0.25) is 5.02 Å². The molecule has 67 heavy (non-hydrogen) atoms. The first-order valence-electron chi connectivity index (χ1n) is 23.5. The molecular weight excluding hydrogens is 883 g/mol. The lowest BCUT2D eigenvalue weighted by Crippen LogP contribution is -2.46. The van der Waals surface area contributed by atoms with Crippen molar-refractivity contribution in [3.05, 3.63) is 69.4 Å². The quantitative estimate of drug-likeness (QED) is 0.180. The maximum atomic E-state index is 15.5. The number of benzene rings is 2. The molecule has 3 N–H and O–H groups in total. The lowest BCUT2D eigenvalue weighted by molar-refractivity contribution is -0.138. The van der Waals surface area contributed by atoms with Gasteiger partial charge in [0.05, 0.1) is 29.9 Å². The molecule has 10 rings (SSSR count). The summed E-state index contributed by atoms with van der Waals surface area (Å²) in [6, 6.07) is 10.4. The lowest BCUT2D eigenvalue weighted by atomic mass is 9.86. The minimum absolute atomic E-state index is 0.0582. The summed E-state index contributed by atoms with van der Waals surface area (Å²) < 4.78 is 28.7. The summed E-state index contributed by atoms with van der Waals surface area (Å²) in [7, 11) is 1.50. The van der Waals surface area contributed by atoms with Gasteiger partial charge in [0.25, 0.3) is 11.5 Å². The first-order valence-corrected chi connectivity index (χ1v) is 23.9. The second kappa shape index (κ2) is 18.6. The molecule has 6 aliphatic heterocycles. The summed E-state index contributed by atoms with van der Waals surface area (Å²) in [5, 5.41) is 9.18. The highest BCUT2D eigenvalue weighted by Gasteiger charge is 2.45. The van der Waals surface area contributed by atoms with Crippen molar-refractivity contribution in [2.75, 3.05) is 94.3 Å². The predicted octanol–water partition coefficient (Wildman–Crippen LogP) is 4.42. The average Bonchev–Trinajstić information content (AvgIpc) is 3.94. The number of ether oxygens (including phenoxy) is 2. The van der Waals surface area contributed by atoms with E-state index in [1.54, 1.807) is 29.0 Å². The van der Waals surface area contributed by atoms with Crippen molar-refractivity contribution in [1.82, 2.24) is 35.0 Å². The second-order valence-electron chi connectivity index (χ2n) is 19.1. The fraction of sp³-hybridized carbons (Fsp3) is 0.521. The van der Waals surface area contributed by atoms with Crippen molar-refractivity contribution in [3.63, 3.8) is 0 Å². The van der Waals surface area contributed by atoms with Gasteiger partial charge in [-0.15, -0.1) is 0 Å². The van der Waals surface area contributed by atoms with Crippen LogP contribution in [0.4, 0.5) is 27.5 Å². The average molecular weight is 939 g/mol. The highest BCUT2D eigenvalue weighted by atomic mass is 35.5. The molecule has 354 valence electrons. The van der Waals surface area contributed by atoms with E-state index in [1.807, 2.05) is 12.1 Å². The fourth-order valence-electron chi connectivity index (χ4n) is 11.1. The van der Waals surface area contributed by atoms with E-state index in [9.17, 15) is 24.0 Å². The van der Waals surface area contributed by atoms with Gasteiger partial charge in [-0.1, -0.05) is 17.7 Å². The van der Waals surface area contributed by atoms with Crippen molar-refractivity contribution >= 4 is 69.3 Å². The molecule has 4 amide bonds. The Kier molecular flexibility index (Phi) is 12.4. The zero-order valence-corrected chi connectivity index (χ0v) is 38.4. The third kappa shape index (κ3) is 9.21. The maximum absolute atomic E-state index is 15.5. The van der Waals surface area contributed by atoms with E-state index in [-0.39, 0.29) is 65.1 Å². The van der Waals surface area contributed by atoms with Gasteiger partial charge in [0, 0.05) is 94.3 Å². The molecule has 2 atom stereocenters. The number of nitrogens with zero attached hydrogens (tertiary/aromatic N) is 7. The van der Waals surface area contributed by atoms with Gasteiger partial charge in [0.15, 0.2) is 18.2 Å². The first kappa shape index (κ1) is 44.8. The molecule has 5 saturated heterocycles. The summed E-state index contributed by atoms with van der Waals surface area (Å²) in [6.45, 7) is 7.80. The van der Waals surface area contributed by atoms with Gasteiger partial charge in [0.1, 0.15) is 23.2 Å². The summed E-state index contributed by atoms with van der Waals surface area (Å²) in [5.74, 6) is 0.402. The number of pyridine rings is 1. The molecule has 1 spiro atoms. The maximum Gasteiger partial charge on any atom is 0.293 e. The van der Waals surface area contributed by atoms with Gasteiger partial charge in [-0.05, 0) is 87.2 Å². The predicted molar refractivity (Wildman–Crippen MR) is 250 cm³/mol. The Morgan fingerprint density at radius 3 is 2.54 bits per heavy atom. The number of carbonyl (C=O) groups is 4. The monoisotopic (exact) mass is 938 g/mol. The molecule has 4 aromatic rings. The Bertz CT molecular complexity index is 2670. The van der Waals surface area contributed by atoms with Crippen LogP contribution in [0.25, 0.3) is 10.9 Å². The van der Waals surface area contributed by atoms with E-state index >= 15 is 4.39 Å². The number of hydrogen-bond donors (Lipinski definition) is 3. The molecular formula is C48H56ClFN10O7. The molecule has 0 aliphatic carbocycles. The van der Waals surface area contributed by atoms with E-state index in [2.05, 4.69) is 40.5 Å². The van der Waals surface area contributed by atoms with Crippen molar-refractivity contribution in [2.24, 2.45) is 17.3 Å². The molecule has 0 saturated carbocycles. The fourth-order valence-corrected chi connectivity index (χ4v) is 11.3. The summed E-state index contributed by atoms with van der Waals surface area (Å²) in [5.41, 5.74) is 2.25. The van der Waals surface area contributed by atoms with Gasteiger partial charge in [-0.2, -0.15) is 4.98 Å². The Morgan fingerprint density at radius 1 is 0.955 bits per heavy atom. The molecule has 5 fully saturated rings. The smallest absolute Gasteiger partial charge is 0.293 e. The molecule has 8 heterocycles. The van der Waals surface area contributed by atoms with Gasteiger partial charge >= 0.3 is 0 Å². The van der Waals surface area contributed by atoms with Crippen LogP contribution in [0, 0.1) is 23.1 Å². The van der Waals surface area contributed by atoms with Gasteiger partial charge in [0.2, 0.25) is 23.7 Å². The number of rotatable bonds is 11. The number of imide groups is 1. The number of likely N-dealkylation sites (N-methyl/N-ethyl adjacent to an activating group) is 1. The number of piperidine rings is 3. The SMILES string of the molecule is CNC(=O)COc1cc2cc(Nc3nc(N4CCC(C(=O)N5CCC(CN6CCC7(CCN(c8ccc(C9CCC(=O)NC9=O)cc8F)C7)C6)CC5)CC4)ncc3Cl)cc3c2n(c1=O)CCO3. The lowest BCUT2D eigenvalue weighted by Gasteiger charge is -2.38. The Balaban J connectivity index is 0.695. The minimum Gasteiger partial charge on any atom is -0.489 e.